The quantitative estimate of drug-likeness (QED) is 0.487. The van der Waals surface area contributed by atoms with E-state index in [1.54, 1.807) is 0 Å². The molecule has 0 aliphatic heterocycles. The minimum Gasteiger partial charge on any atom is -0.419 e. The van der Waals surface area contributed by atoms with Crippen molar-refractivity contribution in [2.24, 2.45) is 0 Å². The molecule has 1 rings (SSSR count). The molecule has 0 radical (unpaired) electrons. The van der Waals surface area contributed by atoms with Crippen LogP contribution >= 0.6 is 0 Å². The van der Waals surface area contributed by atoms with Gasteiger partial charge in [0.25, 0.3) is 0 Å². The molecule has 2 heteroatoms. The summed E-state index contributed by atoms with van der Waals surface area (Å²) < 4.78 is 5.67. The summed E-state index contributed by atoms with van der Waals surface area (Å²) in [5.41, 5.74) is 0. The Labute approximate surface area is 83.0 Å². The molecule has 0 spiro atoms. The highest BCUT2D eigenvalue weighted by Crippen LogP contribution is 2.49. The summed E-state index contributed by atoms with van der Waals surface area (Å²) in [5, 5.41) is 0.111. The Bertz CT molecular complexity index is 209. The standard InChI is InChI=1S/C11H20OSi/c1-5-11(13(3,4)12-2)9-7-6-8-10-11/h1H,6-10H2,2-4H3. The van der Waals surface area contributed by atoms with Gasteiger partial charge in [-0.05, 0) is 25.9 Å². The van der Waals surface area contributed by atoms with Gasteiger partial charge in [0.15, 0.2) is 0 Å². The summed E-state index contributed by atoms with van der Waals surface area (Å²) in [5.74, 6) is 3.05. The fourth-order valence-electron chi connectivity index (χ4n) is 2.27. The van der Waals surface area contributed by atoms with Crippen LogP contribution in [0.4, 0.5) is 0 Å². The Morgan fingerprint density at radius 3 is 2.15 bits per heavy atom. The van der Waals surface area contributed by atoms with Crippen molar-refractivity contribution >= 4 is 8.32 Å². The summed E-state index contributed by atoms with van der Waals surface area (Å²) in [4.78, 5) is 0. The van der Waals surface area contributed by atoms with Crippen LogP contribution in [0.15, 0.2) is 0 Å². The molecule has 0 aromatic rings. The molecule has 1 nitrogen and oxygen atoms in total. The van der Waals surface area contributed by atoms with Crippen LogP contribution in [-0.4, -0.2) is 15.4 Å². The Morgan fingerprint density at radius 1 is 1.23 bits per heavy atom. The van der Waals surface area contributed by atoms with Crippen molar-refractivity contribution in [1.82, 2.24) is 0 Å². The van der Waals surface area contributed by atoms with E-state index in [9.17, 15) is 0 Å². The second kappa shape index (κ2) is 3.85. The Balaban J connectivity index is 2.86. The van der Waals surface area contributed by atoms with E-state index in [0.717, 1.165) is 0 Å². The Hall–Kier alpha value is -0.263. The second-order valence-corrected chi connectivity index (χ2v) is 8.89. The highest BCUT2D eigenvalue weighted by molar-refractivity contribution is 6.75. The molecule has 0 saturated heterocycles. The van der Waals surface area contributed by atoms with E-state index < -0.39 is 8.32 Å². The maximum absolute atomic E-state index is 5.70. The first kappa shape index (κ1) is 10.8. The lowest BCUT2D eigenvalue weighted by Crippen LogP contribution is -2.45. The minimum atomic E-state index is -1.66. The zero-order valence-corrected chi connectivity index (χ0v) is 10.0. The average molecular weight is 196 g/mol. The third kappa shape index (κ3) is 1.82. The molecule has 1 aliphatic rings. The molecule has 0 N–H and O–H groups in total. The zero-order chi connectivity index (χ0) is 9.95. The number of rotatable bonds is 2. The summed E-state index contributed by atoms with van der Waals surface area (Å²) in [6, 6.07) is 0. The third-order valence-electron chi connectivity index (χ3n) is 3.65. The lowest BCUT2D eigenvalue weighted by Gasteiger charge is -2.42. The van der Waals surface area contributed by atoms with Gasteiger partial charge in [-0.1, -0.05) is 19.3 Å². The Morgan fingerprint density at radius 2 is 1.77 bits per heavy atom. The maximum atomic E-state index is 5.70. The third-order valence-corrected chi connectivity index (χ3v) is 7.62. The molecule has 0 atom stereocenters. The lowest BCUT2D eigenvalue weighted by atomic mass is 9.89. The summed E-state index contributed by atoms with van der Waals surface area (Å²) in [7, 11) is 0.157. The first-order valence-corrected chi connectivity index (χ1v) is 8.02. The summed E-state index contributed by atoms with van der Waals surface area (Å²) in [6.07, 6.45) is 12.0. The van der Waals surface area contributed by atoms with Gasteiger partial charge in [-0.15, -0.1) is 12.3 Å². The van der Waals surface area contributed by atoms with Gasteiger partial charge < -0.3 is 4.43 Å². The van der Waals surface area contributed by atoms with Crippen molar-refractivity contribution in [3.05, 3.63) is 0 Å². The van der Waals surface area contributed by atoms with Crippen molar-refractivity contribution in [3.63, 3.8) is 0 Å². The van der Waals surface area contributed by atoms with E-state index in [1.807, 2.05) is 7.11 Å². The van der Waals surface area contributed by atoms with Gasteiger partial charge in [-0.2, -0.15) is 0 Å². The SMILES string of the molecule is C#CC1([Si](C)(C)OC)CCCCC1. The fourth-order valence-corrected chi connectivity index (χ4v) is 4.57. The van der Waals surface area contributed by atoms with Gasteiger partial charge in [-0.25, -0.2) is 0 Å². The van der Waals surface area contributed by atoms with Gasteiger partial charge in [0.2, 0.25) is 8.32 Å². The summed E-state index contributed by atoms with van der Waals surface area (Å²) >= 11 is 0. The molecule has 1 saturated carbocycles. The topological polar surface area (TPSA) is 9.23 Å². The van der Waals surface area contributed by atoms with Crippen LogP contribution in [0.2, 0.25) is 18.1 Å². The molecule has 0 heterocycles. The number of hydrogen-bond donors (Lipinski definition) is 0. The minimum absolute atomic E-state index is 0.111. The van der Waals surface area contributed by atoms with Crippen LogP contribution in [0.25, 0.3) is 0 Å². The molecular formula is C11H20OSi. The molecule has 1 fully saturated rings. The van der Waals surface area contributed by atoms with Crippen molar-refractivity contribution in [3.8, 4) is 12.3 Å². The molecular weight excluding hydrogens is 176 g/mol. The molecule has 13 heavy (non-hydrogen) atoms. The van der Waals surface area contributed by atoms with Gasteiger partial charge in [-0.3, -0.25) is 0 Å². The van der Waals surface area contributed by atoms with Gasteiger partial charge in [0, 0.05) is 12.1 Å². The van der Waals surface area contributed by atoms with E-state index in [2.05, 4.69) is 19.0 Å². The first-order valence-electron chi connectivity index (χ1n) is 5.11. The van der Waals surface area contributed by atoms with E-state index in [4.69, 9.17) is 10.8 Å². The second-order valence-electron chi connectivity index (χ2n) is 4.50. The van der Waals surface area contributed by atoms with E-state index in [1.165, 1.54) is 32.1 Å². The van der Waals surface area contributed by atoms with E-state index in [-0.39, 0.29) is 5.04 Å². The molecule has 0 aromatic carbocycles. The average Bonchev–Trinajstić information content (AvgIpc) is 2.18. The monoisotopic (exact) mass is 196 g/mol. The maximum Gasteiger partial charge on any atom is 0.203 e. The summed E-state index contributed by atoms with van der Waals surface area (Å²) in [6.45, 7) is 4.50. The van der Waals surface area contributed by atoms with Crippen molar-refractivity contribution in [2.45, 2.75) is 50.2 Å². The van der Waals surface area contributed by atoms with Gasteiger partial charge >= 0.3 is 0 Å². The molecule has 1 aliphatic carbocycles. The van der Waals surface area contributed by atoms with Crippen LogP contribution < -0.4 is 0 Å². The number of terminal acetylenes is 1. The molecule has 0 unspecified atom stereocenters. The molecule has 0 bridgehead atoms. The van der Waals surface area contributed by atoms with E-state index >= 15 is 0 Å². The van der Waals surface area contributed by atoms with E-state index in [0.29, 0.717) is 0 Å². The van der Waals surface area contributed by atoms with Crippen LogP contribution in [0.3, 0.4) is 0 Å². The Kier molecular flexibility index (Phi) is 3.21. The highest BCUT2D eigenvalue weighted by Gasteiger charge is 2.46. The predicted molar refractivity (Wildman–Crippen MR) is 59.1 cm³/mol. The van der Waals surface area contributed by atoms with Crippen LogP contribution in [0.5, 0.6) is 0 Å². The molecule has 0 amide bonds. The smallest absolute Gasteiger partial charge is 0.203 e. The molecule has 74 valence electrons. The van der Waals surface area contributed by atoms with Gasteiger partial charge in [0.1, 0.15) is 0 Å². The van der Waals surface area contributed by atoms with Crippen molar-refractivity contribution < 1.29 is 4.43 Å². The number of hydrogen-bond acceptors (Lipinski definition) is 1. The highest BCUT2D eigenvalue weighted by atomic mass is 28.4. The van der Waals surface area contributed by atoms with Crippen LogP contribution in [0.1, 0.15) is 32.1 Å². The normalized spacial score (nSPS) is 22.3. The lowest BCUT2D eigenvalue weighted by molar-refractivity contribution is 0.333. The van der Waals surface area contributed by atoms with Crippen molar-refractivity contribution in [2.75, 3.05) is 7.11 Å². The largest absolute Gasteiger partial charge is 0.419 e. The molecule has 0 aromatic heterocycles. The van der Waals surface area contributed by atoms with Gasteiger partial charge in [0.05, 0.1) is 0 Å². The van der Waals surface area contributed by atoms with Crippen molar-refractivity contribution in [1.29, 1.82) is 0 Å². The fraction of sp³-hybridized carbons (Fsp3) is 0.818. The predicted octanol–water partition coefficient (Wildman–Crippen LogP) is 3.18. The van der Waals surface area contributed by atoms with Crippen LogP contribution in [0, 0.1) is 12.3 Å². The zero-order valence-electron chi connectivity index (χ0n) is 9.02. The van der Waals surface area contributed by atoms with Crippen LogP contribution in [-0.2, 0) is 4.43 Å². The first-order chi connectivity index (χ1) is 6.08.